The maximum Gasteiger partial charge on any atom is 0.336 e. The van der Waals surface area contributed by atoms with Crippen LogP contribution in [0.1, 0.15) is 56.0 Å². The van der Waals surface area contributed by atoms with Crippen LogP contribution in [0, 0.1) is 5.82 Å². The van der Waals surface area contributed by atoms with Gasteiger partial charge in [-0.25, -0.2) is 18.9 Å². The van der Waals surface area contributed by atoms with Gasteiger partial charge in [0.15, 0.2) is 11.8 Å². The van der Waals surface area contributed by atoms with Crippen molar-refractivity contribution < 1.29 is 43.9 Å². The minimum Gasteiger partial charge on any atom is -0.481 e. The van der Waals surface area contributed by atoms with Crippen molar-refractivity contribution in [1.82, 2.24) is 24.2 Å². The first-order valence-corrected chi connectivity index (χ1v) is 13.5. The number of carboxylic acid groups (broad SMARTS) is 3. The zero-order chi connectivity index (χ0) is 30.5. The van der Waals surface area contributed by atoms with E-state index in [9.17, 15) is 18.8 Å². The van der Waals surface area contributed by atoms with Crippen LogP contribution in [0.4, 0.5) is 4.39 Å². The van der Waals surface area contributed by atoms with E-state index < -0.39 is 36.4 Å². The Morgan fingerprint density at radius 2 is 1.83 bits per heavy atom. The second-order valence-electron chi connectivity index (χ2n) is 10.1. The lowest BCUT2D eigenvalue weighted by atomic mass is 9.96. The number of benzene rings is 1. The maximum atomic E-state index is 13.7. The molecule has 3 heterocycles. The molecule has 0 aliphatic carbocycles. The number of hydrogen-bond acceptors (Lipinski definition) is 8. The molecule has 3 aromatic rings. The standard InChI is InChI=1S/C22H28FN5O.C6H8O7/c23-20-6-3-5-19(15-20)16-27(12-4-11-26-13-10-24-18-26)17-21-8-9-25-28(21)22-7-1-2-14-29-22;7-3(8)1-6(13,5(11)12)2-4(9)10/h3,5-6,8-10,13,15,18,22H,1-2,4,7,11-12,14,16-17H2;13H,1-2H2,(H,7,8)(H,9,10)(H,11,12). The van der Waals surface area contributed by atoms with E-state index in [0.29, 0.717) is 6.54 Å². The summed E-state index contributed by atoms with van der Waals surface area (Å²) in [5.41, 5.74) is -0.624. The Hall–Kier alpha value is -4.14. The van der Waals surface area contributed by atoms with Gasteiger partial charge in [-0.1, -0.05) is 12.1 Å². The fraction of sp³-hybridized carbons (Fsp3) is 0.464. The second-order valence-corrected chi connectivity index (χ2v) is 10.1. The van der Waals surface area contributed by atoms with E-state index in [2.05, 4.69) is 25.6 Å². The monoisotopic (exact) mass is 589 g/mol. The molecule has 0 amide bonds. The minimum atomic E-state index is -2.74. The van der Waals surface area contributed by atoms with Crippen LogP contribution in [0.5, 0.6) is 0 Å². The molecule has 4 N–H and O–H groups in total. The summed E-state index contributed by atoms with van der Waals surface area (Å²) >= 11 is 0. The third-order valence-electron chi connectivity index (χ3n) is 6.60. The minimum absolute atomic E-state index is 0.0238. The van der Waals surface area contributed by atoms with Gasteiger partial charge in [0.1, 0.15) is 5.82 Å². The van der Waals surface area contributed by atoms with E-state index in [-0.39, 0.29) is 12.0 Å². The Morgan fingerprint density at radius 1 is 1.07 bits per heavy atom. The van der Waals surface area contributed by atoms with Crippen LogP contribution in [0.25, 0.3) is 0 Å². The van der Waals surface area contributed by atoms with Gasteiger partial charge in [0.2, 0.25) is 0 Å². The van der Waals surface area contributed by atoms with Crippen molar-refractivity contribution in [2.24, 2.45) is 0 Å². The summed E-state index contributed by atoms with van der Waals surface area (Å²) in [6, 6.07) is 8.92. The van der Waals surface area contributed by atoms with Gasteiger partial charge in [0.05, 0.1) is 24.9 Å². The highest BCUT2D eigenvalue weighted by molar-refractivity contribution is 5.88. The number of rotatable bonds is 14. The summed E-state index contributed by atoms with van der Waals surface area (Å²) in [6.45, 7) is 4.04. The number of ether oxygens (including phenoxy) is 1. The molecule has 1 saturated heterocycles. The number of nitrogens with zero attached hydrogens (tertiary/aromatic N) is 5. The number of aliphatic hydroxyl groups is 1. The SMILES string of the molecule is Fc1cccc(CN(CCCn2ccnc2)Cc2ccnn2C2CCCCO2)c1.O=C(O)CC(O)(CC(=O)O)C(=O)O. The van der Waals surface area contributed by atoms with Gasteiger partial charge in [-0.2, -0.15) is 5.10 Å². The number of aromatic nitrogens is 4. The van der Waals surface area contributed by atoms with Gasteiger partial charge in [-0.3, -0.25) is 14.5 Å². The first-order valence-electron chi connectivity index (χ1n) is 13.5. The van der Waals surface area contributed by atoms with Crippen molar-refractivity contribution in [2.75, 3.05) is 13.2 Å². The Bertz CT molecular complexity index is 1280. The molecule has 1 unspecified atom stereocenters. The molecule has 42 heavy (non-hydrogen) atoms. The van der Waals surface area contributed by atoms with E-state index >= 15 is 0 Å². The van der Waals surface area contributed by atoms with Crippen LogP contribution in [-0.2, 0) is 38.8 Å². The fourth-order valence-electron chi connectivity index (χ4n) is 4.59. The molecule has 0 radical (unpaired) electrons. The number of aliphatic carboxylic acids is 3. The molecule has 14 heteroatoms. The zero-order valence-corrected chi connectivity index (χ0v) is 23.1. The number of carbonyl (C=O) groups is 3. The van der Waals surface area contributed by atoms with Crippen molar-refractivity contribution in [3.05, 3.63) is 72.3 Å². The van der Waals surface area contributed by atoms with Gasteiger partial charge < -0.3 is 29.7 Å². The van der Waals surface area contributed by atoms with E-state index in [0.717, 1.165) is 56.8 Å². The highest BCUT2D eigenvalue weighted by atomic mass is 19.1. The van der Waals surface area contributed by atoms with Crippen LogP contribution >= 0.6 is 0 Å². The highest BCUT2D eigenvalue weighted by Gasteiger charge is 2.40. The molecule has 228 valence electrons. The van der Waals surface area contributed by atoms with Gasteiger partial charge in [-0.15, -0.1) is 0 Å². The first kappa shape index (κ1) is 32.4. The molecule has 4 rings (SSSR count). The van der Waals surface area contributed by atoms with Gasteiger partial charge in [0.25, 0.3) is 0 Å². The molecule has 2 aromatic heterocycles. The molecule has 1 atom stereocenters. The van der Waals surface area contributed by atoms with Gasteiger partial charge >= 0.3 is 17.9 Å². The second kappa shape index (κ2) is 15.7. The average Bonchev–Trinajstić information content (AvgIpc) is 3.61. The first-order chi connectivity index (χ1) is 20.1. The average molecular weight is 590 g/mol. The van der Waals surface area contributed by atoms with Crippen molar-refractivity contribution >= 4 is 17.9 Å². The predicted molar refractivity (Wildman–Crippen MR) is 146 cm³/mol. The fourth-order valence-corrected chi connectivity index (χ4v) is 4.59. The molecule has 1 aliphatic heterocycles. The Balaban J connectivity index is 0.000000316. The van der Waals surface area contributed by atoms with E-state index in [1.165, 1.54) is 12.5 Å². The molecule has 13 nitrogen and oxygen atoms in total. The summed E-state index contributed by atoms with van der Waals surface area (Å²) in [5, 5.41) is 38.3. The zero-order valence-electron chi connectivity index (χ0n) is 23.1. The lowest BCUT2D eigenvalue weighted by Gasteiger charge is -2.27. The van der Waals surface area contributed by atoms with Crippen molar-refractivity contribution in [3.63, 3.8) is 0 Å². The molecule has 1 aliphatic rings. The van der Waals surface area contributed by atoms with E-state index in [1.54, 1.807) is 18.3 Å². The molecule has 0 bridgehead atoms. The third kappa shape index (κ3) is 10.4. The summed E-state index contributed by atoms with van der Waals surface area (Å²) in [4.78, 5) is 36.9. The van der Waals surface area contributed by atoms with Gasteiger partial charge in [-0.05, 0) is 49.4 Å². The Labute approximate surface area is 241 Å². The number of carboxylic acids is 3. The quantitative estimate of drug-likeness (QED) is 0.217. The van der Waals surface area contributed by atoms with Crippen LogP contribution in [0.3, 0.4) is 0 Å². The molecule has 1 fully saturated rings. The smallest absolute Gasteiger partial charge is 0.336 e. The van der Waals surface area contributed by atoms with E-state index in [1.807, 2.05) is 29.5 Å². The van der Waals surface area contributed by atoms with Crippen molar-refractivity contribution in [1.29, 1.82) is 0 Å². The van der Waals surface area contributed by atoms with Crippen LogP contribution in [0.2, 0.25) is 0 Å². The lowest BCUT2D eigenvalue weighted by Crippen LogP contribution is -2.42. The van der Waals surface area contributed by atoms with Gasteiger partial charge in [0, 0.05) is 51.4 Å². The topological polar surface area (TPSA) is 180 Å². The summed E-state index contributed by atoms with van der Waals surface area (Å²) in [7, 11) is 0. The predicted octanol–water partition coefficient (Wildman–Crippen LogP) is 2.76. The number of halogens is 1. The Morgan fingerprint density at radius 3 is 2.43 bits per heavy atom. The normalized spacial score (nSPS) is 15.2. The highest BCUT2D eigenvalue weighted by Crippen LogP contribution is 2.24. The maximum absolute atomic E-state index is 13.7. The molecule has 0 spiro atoms. The molecule has 1 aromatic carbocycles. The molecular weight excluding hydrogens is 553 g/mol. The summed E-state index contributed by atoms with van der Waals surface area (Å²) in [5.74, 6) is -5.21. The van der Waals surface area contributed by atoms with E-state index in [4.69, 9.17) is 25.2 Å². The number of hydrogen-bond donors (Lipinski definition) is 4. The number of imidazole rings is 1. The largest absolute Gasteiger partial charge is 0.481 e. The van der Waals surface area contributed by atoms with Crippen LogP contribution in [-0.4, -0.2) is 81.3 Å². The van der Waals surface area contributed by atoms with Crippen LogP contribution in [0.15, 0.2) is 55.2 Å². The Kier molecular flexibility index (Phi) is 12.1. The van der Waals surface area contributed by atoms with Crippen molar-refractivity contribution in [2.45, 2.75) is 70.0 Å². The molecular formula is C28H36FN5O8. The summed E-state index contributed by atoms with van der Waals surface area (Å²) in [6.07, 6.45) is 9.47. The van der Waals surface area contributed by atoms with Crippen LogP contribution < -0.4 is 0 Å². The molecule has 0 saturated carbocycles. The van der Waals surface area contributed by atoms with Crippen molar-refractivity contribution in [3.8, 4) is 0 Å². The summed E-state index contributed by atoms with van der Waals surface area (Å²) < 4.78 is 23.7. The number of aryl methyl sites for hydroxylation is 1. The third-order valence-corrected chi connectivity index (χ3v) is 6.60. The lowest BCUT2D eigenvalue weighted by molar-refractivity contribution is -0.170.